The summed E-state index contributed by atoms with van der Waals surface area (Å²) in [7, 11) is 1.67. The Labute approximate surface area is 165 Å². The number of hydrogen-bond donors (Lipinski definition) is 0. The lowest BCUT2D eigenvalue weighted by molar-refractivity contribution is 0.0682. The summed E-state index contributed by atoms with van der Waals surface area (Å²) >= 11 is 0. The van der Waals surface area contributed by atoms with Gasteiger partial charge in [0, 0.05) is 17.9 Å². The number of rotatable bonds is 3. The summed E-state index contributed by atoms with van der Waals surface area (Å²) in [5.74, 6) is 0.836. The van der Waals surface area contributed by atoms with Crippen molar-refractivity contribution in [3.8, 4) is 5.75 Å². The van der Waals surface area contributed by atoms with Crippen molar-refractivity contribution in [2.45, 2.75) is 45.6 Å². The number of carbonyl (C=O) groups excluding carboxylic acids is 1. The molecule has 6 heteroatoms. The van der Waals surface area contributed by atoms with Crippen molar-refractivity contribution in [2.24, 2.45) is 0 Å². The summed E-state index contributed by atoms with van der Waals surface area (Å²) in [6.45, 7) is 4.67. The highest BCUT2D eigenvalue weighted by atomic mass is 16.5. The van der Waals surface area contributed by atoms with Crippen LogP contribution in [-0.4, -0.2) is 39.1 Å². The van der Waals surface area contributed by atoms with Gasteiger partial charge in [0.15, 0.2) is 5.65 Å². The monoisotopic (exact) mass is 378 g/mol. The van der Waals surface area contributed by atoms with E-state index >= 15 is 0 Å². The van der Waals surface area contributed by atoms with Crippen LogP contribution in [0.3, 0.4) is 0 Å². The van der Waals surface area contributed by atoms with E-state index in [0.717, 1.165) is 54.9 Å². The number of methoxy groups -OCH3 is 1. The van der Waals surface area contributed by atoms with Crippen molar-refractivity contribution in [1.82, 2.24) is 19.5 Å². The summed E-state index contributed by atoms with van der Waals surface area (Å²) in [6, 6.07) is 10.1. The lowest BCUT2D eigenvalue weighted by Gasteiger charge is -2.30. The summed E-state index contributed by atoms with van der Waals surface area (Å²) in [5, 5.41) is 4.41. The van der Waals surface area contributed by atoms with E-state index < -0.39 is 0 Å². The molecule has 0 unspecified atom stereocenters. The van der Waals surface area contributed by atoms with Crippen molar-refractivity contribution >= 4 is 11.6 Å². The van der Waals surface area contributed by atoms with Crippen LogP contribution >= 0.6 is 0 Å². The second-order valence-corrected chi connectivity index (χ2v) is 7.47. The molecule has 0 bridgehead atoms. The average molecular weight is 378 g/mol. The maximum atomic E-state index is 13.6. The highest BCUT2D eigenvalue weighted by molar-refractivity contribution is 6.00. The van der Waals surface area contributed by atoms with Crippen LogP contribution in [0.25, 0.3) is 5.65 Å². The van der Waals surface area contributed by atoms with Crippen LogP contribution in [0.1, 0.15) is 59.0 Å². The quantitative estimate of drug-likeness (QED) is 0.688. The molecule has 3 heterocycles. The third-order valence-corrected chi connectivity index (χ3v) is 5.52. The van der Waals surface area contributed by atoms with Gasteiger partial charge in [-0.15, -0.1) is 0 Å². The van der Waals surface area contributed by atoms with Gasteiger partial charge in [-0.1, -0.05) is 25.0 Å². The van der Waals surface area contributed by atoms with Crippen molar-refractivity contribution in [1.29, 1.82) is 0 Å². The smallest absolute Gasteiger partial charge is 0.259 e. The number of likely N-dealkylation sites (tertiary alicyclic amines) is 1. The summed E-state index contributed by atoms with van der Waals surface area (Å²) in [5.41, 5.74) is 4.23. The molecule has 0 N–H and O–H groups in total. The maximum Gasteiger partial charge on any atom is 0.259 e. The van der Waals surface area contributed by atoms with Crippen LogP contribution in [0.15, 0.2) is 36.5 Å². The van der Waals surface area contributed by atoms with Gasteiger partial charge < -0.3 is 9.64 Å². The molecule has 3 aromatic rings. The molecule has 0 aliphatic carbocycles. The van der Waals surface area contributed by atoms with Crippen LogP contribution in [-0.2, 0) is 0 Å². The minimum absolute atomic E-state index is 0.00946. The van der Waals surface area contributed by atoms with Crippen molar-refractivity contribution in [2.75, 3.05) is 13.7 Å². The Morgan fingerprint density at radius 2 is 1.93 bits per heavy atom. The molecule has 0 radical (unpaired) electrons. The van der Waals surface area contributed by atoms with Crippen molar-refractivity contribution in [3.05, 3.63) is 59.0 Å². The second-order valence-electron chi connectivity index (χ2n) is 7.47. The minimum atomic E-state index is 0.00946. The Bertz CT molecular complexity index is 994. The van der Waals surface area contributed by atoms with E-state index in [1.54, 1.807) is 17.8 Å². The topological polar surface area (TPSA) is 59.7 Å². The molecule has 6 nitrogen and oxygen atoms in total. The van der Waals surface area contributed by atoms with Crippen LogP contribution < -0.4 is 4.74 Å². The van der Waals surface area contributed by atoms with Gasteiger partial charge in [-0.25, -0.2) is 9.50 Å². The molecular formula is C22H26N4O2. The lowest BCUT2D eigenvalue weighted by atomic mass is 10.00. The van der Waals surface area contributed by atoms with Crippen LogP contribution in [0.4, 0.5) is 0 Å². The number of amides is 1. The molecular weight excluding hydrogens is 352 g/mol. The summed E-state index contributed by atoms with van der Waals surface area (Å²) < 4.78 is 7.04. The Balaban J connectivity index is 1.72. The van der Waals surface area contributed by atoms with Crippen molar-refractivity contribution < 1.29 is 9.53 Å². The number of benzene rings is 1. The molecule has 1 aromatic carbocycles. The van der Waals surface area contributed by atoms with Gasteiger partial charge in [0.1, 0.15) is 11.3 Å². The van der Waals surface area contributed by atoms with Gasteiger partial charge in [-0.2, -0.15) is 5.10 Å². The lowest BCUT2D eigenvalue weighted by Crippen LogP contribution is -2.34. The average Bonchev–Trinajstić information content (AvgIpc) is 2.97. The van der Waals surface area contributed by atoms with E-state index in [2.05, 4.69) is 22.2 Å². The Morgan fingerprint density at radius 3 is 2.68 bits per heavy atom. The zero-order valence-corrected chi connectivity index (χ0v) is 16.7. The van der Waals surface area contributed by atoms with E-state index in [1.807, 2.05) is 36.9 Å². The molecule has 28 heavy (non-hydrogen) atoms. The second kappa shape index (κ2) is 7.62. The number of carbonyl (C=O) groups is 1. The first kappa shape index (κ1) is 18.5. The molecule has 1 aliphatic heterocycles. The number of nitrogens with zero attached hydrogens (tertiary/aromatic N) is 4. The zero-order valence-electron chi connectivity index (χ0n) is 16.7. The van der Waals surface area contributed by atoms with Crippen LogP contribution in [0.5, 0.6) is 5.75 Å². The van der Waals surface area contributed by atoms with E-state index in [9.17, 15) is 4.79 Å². The van der Waals surface area contributed by atoms with Gasteiger partial charge in [0.25, 0.3) is 5.91 Å². The number of aromatic nitrogens is 3. The van der Waals surface area contributed by atoms with E-state index in [1.165, 1.54) is 0 Å². The van der Waals surface area contributed by atoms with Crippen LogP contribution in [0.2, 0.25) is 0 Å². The van der Waals surface area contributed by atoms with Gasteiger partial charge in [-0.3, -0.25) is 4.79 Å². The molecule has 1 amide bonds. The SMILES string of the molecule is COc1ccc([C@@H]2CCCCCN2C(=O)c2cnn3c(C)cc(C)nc23)cc1. The van der Waals surface area contributed by atoms with Gasteiger partial charge >= 0.3 is 0 Å². The minimum Gasteiger partial charge on any atom is -0.497 e. The summed E-state index contributed by atoms with van der Waals surface area (Å²) in [6.07, 6.45) is 5.90. The van der Waals surface area contributed by atoms with Gasteiger partial charge in [0.2, 0.25) is 0 Å². The molecule has 0 spiro atoms. The highest BCUT2D eigenvalue weighted by Crippen LogP contribution is 2.32. The molecule has 1 aliphatic rings. The normalized spacial score (nSPS) is 17.5. The van der Waals surface area contributed by atoms with E-state index in [0.29, 0.717) is 11.2 Å². The highest BCUT2D eigenvalue weighted by Gasteiger charge is 2.30. The fourth-order valence-corrected chi connectivity index (χ4v) is 4.10. The van der Waals surface area contributed by atoms with Crippen LogP contribution in [0, 0.1) is 13.8 Å². The van der Waals surface area contributed by atoms with Gasteiger partial charge in [0.05, 0.1) is 19.3 Å². The fraction of sp³-hybridized carbons (Fsp3) is 0.409. The number of aryl methyl sites for hydroxylation is 2. The molecule has 0 saturated carbocycles. The third-order valence-electron chi connectivity index (χ3n) is 5.52. The standard InChI is InChI=1S/C22H26N4O2/c1-15-13-16(2)26-21(24-15)19(14-23-26)22(27)25-12-6-4-5-7-20(25)17-8-10-18(28-3)11-9-17/h8-11,13-14,20H,4-7,12H2,1-3H3/t20-/m0/s1. The first-order valence-electron chi connectivity index (χ1n) is 9.85. The predicted molar refractivity (Wildman–Crippen MR) is 108 cm³/mol. The Hall–Kier alpha value is -2.89. The molecule has 1 saturated heterocycles. The molecule has 146 valence electrons. The predicted octanol–water partition coefficient (Wildman–Crippen LogP) is 4.11. The largest absolute Gasteiger partial charge is 0.497 e. The number of ether oxygens (including phenoxy) is 1. The zero-order chi connectivity index (χ0) is 19.7. The molecule has 2 aromatic heterocycles. The first-order valence-corrected chi connectivity index (χ1v) is 9.85. The summed E-state index contributed by atoms with van der Waals surface area (Å²) in [4.78, 5) is 20.2. The first-order chi connectivity index (χ1) is 13.6. The fourth-order valence-electron chi connectivity index (χ4n) is 4.10. The maximum absolute atomic E-state index is 13.6. The van der Waals surface area contributed by atoms with Gasteiger partial charge in [-0.05, 0) is 50.5 Å². The molecule has 4 rings (SSSR count). The van der Waals surface area contributed by atoms with E-state index in [-0.39, 0.29) is 11.9 Å². The molecule has 1 fully saturated rings. The Kier molecular flexibility index (Phi) is 5.03. The van der Waals surface area contributed by atoms with Crippen molar-refractivity contribution in [3.63, 3.8) is 0 Å². The number of hydrogen-bond acceptors (Lipinski definition) is 4. The number of fused-ring (bicyclic) bond motifs is 1. The third kappa shape index (κ3) is 3.35. The van der Waals surface area contributed by atoms with E-state index in [4.69, 9.17) is 4.74 Å². The molecule has 1 atom stereocenters. The Morgan fingerprint density at radius 1 is 1.14 bits per heavy atom.